The number of aliphatic hydroxyl groups excluding tert-OH is 1. The fourth-order valence-electron chi connectivity index (χ4n) is 8.70. The van der Waals surface area contributed by atoms with Gasteiger partial charge in [-0.3, -0.25) is 14.7 Å². The van der Waals surface area contributed by atoms with Crippen LogP contribution in [0.15, 0.2) is 174 Å². The number of aliphatic imine (C=N–C) groups is 2. The Morgan fingerprint density at radius 1 is 0.429 bits per heavy atom. The lowest BCUT2D eigenvalue weighted by Gasteiger charge is -2.23. The molecule has 9 rings (SSSR count). The van der Waals surface area contributed by atoms with E-state index in [1.807, 2.05) is 77.7 Å². The van der Waals surface area contributed by atoms with Crippen LogP contribution in [0.2, 0.25) is 20.2 Å². The quantitative estimate of drug-likeness (QED) is 0.0205. The summed E-state index contributed by atoms with van der Waals surface area (Å²) in [7, 11) is 0. The molecule has 398 valence electrons. The van der Waals surface area contributed by atoms with E-state index in [1.54, 1.807) is 12.4 Å². The molecule has 0 aliphatic carbocycles. The minimum Gasteiger partial charge on any atom is -0.370 e. The minimum absolute atomic E-state index is 0.0224. The van der Waals surface area contributed by atoms with Crippen molar-refractivity contribution in [1.29, 1.82) is 0 Å². The highest BCUT2D eigenvalue weighted by Crippen LogP contribution is 2.33. The monoisotopic (exact) mass is 1110 g/mol. The van der Waals surface area contributed by atoms with Gasteiger partial charge in [0, 0.05) is 96.7 Å². The van der Waals surface area contributed by atoms with Gasteiger partial charge in [0.25, 0.3) is 0 Å². The Balaban J connectivity index is 0.000000169. The molecule has 14 nitrogen and oxygen atoms in total. The summed E-state index contributed by atoms with van der Waals surface area (Å²) >= 11 is 24.9. The second-order valence-electron chi connectivity index (χ2n) is 18.2. The van der Waals surface area contributed by atoms with E-state index in [-0.39, 0.29) is 18.5 Å². The number of rotatable bonds is 18. The van der Waals surface area contributed by atoms with Crippen LogP contribution in [0.1, 0.15) is 47.2 Å². The SMILES string of the molecule is CCN(Cc1ccccc1)Cc1ccc2c(Cl)cnc(Cl)c2c1.CCN(Cc1ccccc1)Cc1ccc2c(Cl)cnc(N=C(N)N)c2c1.NC(N)=Nc1ncc(Cl)c2ccc(CN(Cc3ccccc3)CC(O)O)cc12. The maximum Gasteiger partial charge on any atom is 0.192 e. The van der Waals surface area contributed by atoms with Crippen LogP contribution in [0.4, 0.5) is 11.6 Å². The van der Waals surface area contributed by atoms with Gasteiger partial charge in [-0.15, -0.1) is 0 Å². The molecule has 18 heteroatoms. The van der Waals surface area contributed by atoms with E-state index >= 15 is 0 Å². The number of hydrogen-bond donors (Lipinski definition) is 6. The third-order valence-electron chi connectivity index (χ3n) is 12.4. The molecule has 0 amide bonds. The fraction of sp³-hybridized carbons (Fsp3) is 0.203. The summed E-state index contributed by atoms with van der Waals surface area (Å²) in [6, 6.07) is 48.9. The molecule has 0 aliphatic rings. The van der Waals surface area contributed by atoms with E-state index in [1.165, 1.54) is 22.9 Å². The lowest BCUT2D eigenvalue weighted by atomic mass is 10.1. The zero-order valence-electron chi connectivity index (χ0n) is 42.8. The normalized spacial score (nSPS) is 11.2. The first kappa shape index (κ1) is 57.7. The van der Waals surface area contributed by atoms with Crippen molar-refractivity contribution in [3.05, 3.63) is 218 Å². The number of benzene rings is 6. The predicted molar refractivity (Wildman–Crippen MR) is 317 cm³/mol. The lowest BCUT2D eigenvalue weighted by molar-refractivity contribution is -0.0641. The van der Waals surface area contributed by atoms with Gasteiger partial charge < -0.3 is 33.1 Å². The molecule has 0 spiro atoms. The molecule has 0 atom stereocenters. The third-order valence-corrected chi connectivity index (χ3v) is 13.6. The van der Waals surface area contributed by atoms with Crippen molar-refractivity contribution < 1.29 is 10.2 Å². The largest absolute Gasteiger partial charge is 0.370 e. The van der Waals surface area contributed by atoms with Gasteiger partial charge in [-0.25, -0.2) is 15.0 Å². The summed E-state index contributed by atoms with van der Waals surface area (Å²) in [5.41, 5.74) is 29.1. The Morgan fingerprint density at radius 3 is 1.12 bits per heavy atom. The van der Waals surface area contributed by atoms with Crippen molar-refractivity contribution in [1.82, 2.24) is 29.7 Å². The average Bonchev–Trinajstić information content (AvgIpc) is 3.42. The zero-order valence-corrected chi connectivity index (χ0v) is 45.8. The lowest BCUT2D eigenvalue weighted by Crippen LogP contribution is -2.31. The van der Waals surface area contributed by atoms with Gasteiger partial charge in [-0.1, -0.05) is 188 Å². The first-order chi connectivity index (χ1) is 37.2. The van der Waals surface area contributed by atoms with Crippen LogP contribution in [0.3, 0.4) is 0 Å². The number of guanidine groups is 2. The predicted octanol–water partition coefficient (Wildman–Crippen LogP) is 11.5. The Hall–Kier alpha value is -6.95. The van der Waals surface area contributed by atoms with Gasteiger partial charge >= 0.3 is 0 Å². The second-order valence-corrected chi connectivity index (χ2v) is 19.8. The highest BCUT2D eigenvalue weighted by atomic mass is 35.5. The van der Waals surface area contributed by atoms with Crippen molar-refractivity contribution in [2.75, 3.05) is 19.6 Å². The molecule has 0 unspecified atom stereocenters. The summed E-state index contributed by atoms with van der Waals surface area (Å²) in [5, 5.41) is 26.3. The molecule has 0 fully saturated rings. The summed E-state index contributed by atoms with van der Waals surface area (Å²) in [5.74, 6) is 0.761. The number of aliphatic hydroxyl groups is 2. The molecule has 3 heterocycles. The van der Waals surface area contributed by atoms with E-state index in [0.717, 1.165) is 88.3 Å². The average molecular weight is 1110 g/mol. The molecule has 6 aromatic carbocycles. The van der Waals surface area contributed by atoms with Crippen LogP contribution < -0.4 is 22.9 Å². The highest BCUT2D eigenvalue weighted by molar-refractivity contribution is 6.39. The molecule has 0 saturated carbocycles. The number of nitrogens with two attached hydrogens (primary N) is 4. The molecule has 0 aliphatic heterocycles. The van der Waals surface area contributed by atoms with E-state index in [9.17, 15) is 10.2 Å². The first-order valence-corrected chi connectivity index (χ1v) is 26.4. The van der Waals surface area contributed by atoms with Gasteiger partial charge in [0.05, 0.1) is 15.1 Å². The van der Waals surface area contributed by atoms with E-state index in [4.69, 9.17) is 69.3 Å². The topological polar surface area (TPSA) is 218 Å². The first-order valence-electron chi connectivity index (χ1n) is 24.9. The molecular formula is C59H62Cl4N12O2. The Morgan fingerprint density at radius 2 is 0.753 bits per heavy atom. The zero-order chi connectivity index (χ0) is 54.8. The van der Waals surface area contributed by atoms with E-state index in [2.05, 4.69) is 121 Å². The number of hydrogen-bond acceptors (Lipinski definition) is 10. The molecule has 10 N–H and O–H groups in total. The van der Waals surface area contributed by atoms with Crippen molar-refractivity contribution in [3.8, 4) is 0 Å². The molecule has 77 heavy (non-hydrogen) atoms. The molecule has 3 aromatic heterocycles. The Bertz CT molecular complexity index is 3420. The van der Waals surface area contributed by atoms with Gasteiger partial charge in [0.15, 0.2) is 29.8 Å². The summed E-state index contributed by atoms with van der Waals surface area (Å²) < 4.78 is 0. The maximum absolute atomic E-state index is 9.47. The molecule has 9 aromatic rings. The van der Waals surface area contributed by atoms with Crippen LogP contribution in [0.5, 0.6) is 0 Å². The second kappa shape index (κ2) is 28.4. The minimum atomic E-state index is -1.43. The molecular weight excluding hydrogens is 1050 g/mol. The maximum atomic E-state index is 9.47. The molecule has 0 radical (unpaired) electrons. The summed E-state index contributed by atoms with van der Waals surface area (Å²) in [6.07, 6.45) is 3.24. The van der Waals surface area contributed by atoms with Gasteiger partial charge in [0.2, 0.25) is 0 Å². The van der Waals surface area contributed by atoms with Gasteiger partial charge in [0.1, 0.15) is 5.15 Å². The number of pyridine rings is 3. The number of halogens is 4. The summed E-state index contributed by atoms with van der Waals surface area (Å²) in [4.78, 5) is 27.5. The van der Waals surface area contributed by atoms with E-state index < -0.39 is 6.29 Å². The standard InChI is InChI=1S/C20H22ClN5O2.C20H22ClN5.C19H18Cl2N2/c21-17-9-24-19(25-20(22)23)16-8-14(6-7-15(16)17)11-26(12-18(27)28)10-13-4-2-1-3-5-13;1-2-26(12-14-6-4-3-5-7-14)13-15-8-9-16-17(10-15)19(25-20(22)23)24-11-18(16)21;1-2-23(12-14-6-4-3-5-7-14)13-15-8-9-16-17(10-15)19(21)22-11-18(16)20/h1-9,18,27-28H,10-12H2,(H4,22,23,24,25);3-11H,2,12-13H2,1H3,(H4,22,23,24,25);3-11H,2,12-13H2,1H3. The smallest absolute Gasteiger partial charge is 0.192 e. The van der Waals surface area contributed by atoms with Crippen LogP contribution in [0.25, 0.3) is 32.3 Å². The Kier molecular flexibility index (Phi) is 21.3. The van der Waals surface area contributed by atoms with Crippen molar-refractivity contribution in [2.24, 2.45) is 32.9 Å². The van der Waals surface area contributed by atoms with Gasteiger partial charge in [-0.2, -0.15) is 9.98 Å². The van der Waals surface area contributed by atoms with Crippen LogP contribution in [-0.2, 0) is 39.3 Å². The summed E-state index contributed by atoms with van der Waals surface area (Å²) in [6.45, 7) is 10.9. The van der Waals surface area contributed by atoms with Crippen molar-refractivity contribution in [2.45, 2.75) is 59.4 Å². The molecule has 0 bridgehead atoms. The highest BCUT2D eigenvalue weighted by Gasteiger charge is 2.15. The van der Waals surface area contributed by atoms with Crippen molar-refractivity contribution >= 4 is 102 Å². The van der Waals surface area contributed by atoms with Crippen molar-refractivity contribution in [3.63, 3.8) is 0 Å². The van der Waals surface area contributed by atoms with E-state index in [0.29, 0.717) is 44.9 Å². The Labute approximate surface area is 469 Å². The third kappa shape index (κ3) is 17.0. The molecule has 0 saturated heterocycles. The fourth-order valence-corrected chi connectivity index (χ4v) is 9.54. The number of nitrogens with zero attached hydrogens (tertiary/aromatic N) is 8. The number of aromatic nitrogens is 3. The number of fused-ring (bicyclic) bond motifs is 3. The van der Waals surface area contributed by atoms with Gasteiger partial charge in [-0.05, 0) is 64.7 Å². The van der Waals surface area contributed by atoms with Crippen LogP contribution in [0, 0.1) is 0 Å². The van der Waals surface area contributed by atoms with Crippen LogP contribution >= 0.6 is 46.4 Å². The van der Waals surface area contributed by atoms with Crippen LogP contribution in [-0.4, -0.2) is 77.7 Å².